The highest BCUT2D eigenvalue weighted by Crippen LogP contribution is 2.34. The fourth-order valence-electron chi connectivity index (χ4n) is 6.54. The molecule has 9 nitrogen and oxygen atoms in total. The Morgan fingerprint density at radius 3 is 1.55 bits per heavy atom. The standard InChI is InChI=1S/C13H9NS2.C9H9NO2S2.C9H9NS2.2C8H7NOS2/c15-13-14-12-10(7-4-8-11(12)16-13)9-5-2-1-3-6-9;1-11-6-3-5-8(4-7(6)12-2)14-9(13)10-5;1-5-3-4-7-8(6(5)2)10-9(11)12-7;1-10-5-2-3-6-7(4-5)12-8(11)9-6;1-10-5-3-2-4-6-7(5)9-8(11)12-6/h1-8H,(H,14,15);3-4H,1-2H3,(H,10,13);3-4H,1-2H3,(H,10,11);2*2-4H,1H3,(H,9,11). The summed E-state index contributed by atoms with van der Waals surface area (Å²) in [5, 5.41) is 0. The van der Waals surface area contributed by atoms with Crippen molar-refractivity contribution in [1.29, 1.82) is 0 Å². The largest absolute Gasteiger partial charge is 0.497 e. The monoisotopic (exact) mass is 1060 g/mol. The lowest BCUT2D eigenvalue weighted by molar-refractivity contribution is 0.356. The number of fused-ring (bicyclic) bond motifs is 5. The molecule has 0 aliphatic heterocycles. The zero-order chi connectivity index (χ0) is 46.9. The minimum absolute atomic E-state index is 0.712. The molecule has 6 aromatic carbocycles. The Labute approximate surface area is 425 Å². The van der Waals surface area contributed by atoms with Crippen LogP contribution in [-0.4, -0.2) is 53.4 Å². The van der Waals surface area contributed by atoms with Crippen molar-refractivity contribution in [3.8, 4) is 34.1 Å². The van der Waals surface area contributed by atoms with E-state index in [0.717, 1.165) is 73.2 Å². The first kappa shape index (κ1) is 49.0. The van der Waals surface area contributed by atoms with Crippen molar-refractivity contribution in [2.45, 2.75) is 13.8 Å². The van der Waals surface area contributed by atoms with Crippen LogP contribution in [-0.2, 0) is 0 Å². The van der Waals surface area contributed by atoms with Crippen LogP contribution in [0.25, 0.3) is 62.2 Å². The zero-order valence-electron chi connectivity index (χ0n) is 36.1. The number of aromatic nitrogens is 5. The molecule has 0 saturated heterocycles. The molecule has 0 atom stereocenters. The Morgan fingerprint density at radius 2 is 0.909 bits per heavy atom. The van der Waals surface area contributed by atoms with Crippen LogP contribution in [0, 0.1) is 33.6 Å². The van der Waals surface area contributed by atoms with Crippen molar-refractivity contribution in [3.63, 3.8) is 0 Å². The van der Waals surface area contributed by atoms with E-state index in [2.05, 4.69) is 93.4 Å². The fourth-order valence-corrected chi connectivity index (χ4v) is 12.2. The van der Waals surface area contributed by atoms with Gasteiger partial charge in [-0.25, -0.2) is 0 Å². The Bertz CT molecular complexity index is 3670. The smallest absolute Gasteiger partial charge is 0.162 e. The van der Waals surface area contributed by atoms with Crippen molar-refractivity contribution in [2.75, 3.05) is 28.4 Å². The van der Waals surface area contributed by atoms with Crippen molar-refractivity contribution in [3.05, 3.63) is 140 Å². The third-order valence-electron chi connectivity index (χ3n) is 9.86. The minimum atomic E-state index is 0.712. The number of nitrogens with one attached hydrogen (secondary N) is 5. The molecule has 0 unspecified atom stereocenters. The molecule has 0 saturated carbocycles. The predicted octanol–water partition coefficient (Wildman–Crippen LogP) is 17.1. The first-order valence-electron chi connectivity index (χ1n) is 19.7. The molecular weight excluding hydrogens is 1020 g/mol. The average molecular weight is 1060 g/mol. The summed E-state index contributed by atoms with van der Waals surface area (Å²) in [6.45, 7) is 4.24. The van der Waals surface area contributed by atoms with E-state index in [-0.39, 0.29) is 0 Å². The molecule has 0 aliphatic rings. The normalized spacial score (nSPS) is 10.6. The molecular formula is C47H41N5O4S10. The molecule has 0 spiro atoms. The lowest BCUT2D eigenvalue weighted by atomic mass is 10.1. The molecule has 0 amide bonds. The van der Waals surface area contributed by atoms with Gasteiger partial charge in [0.25, 0.3) is 0 Å². The molecule has 19 heteroatoms. The van der Waals surface area contributed by atoms with Gasteiger partial charge in [0.1, 0.15) is 11.5 Å². The molecule has 5 heterocycles. The van der Waals surface area contributed by atoms with Gasteiger partial charge in [-0.3, -0.25) is 0 Å². The summed E-state index contributed by atoms with van der Waals surface area (Å²) in [7, 11) is 6.55. The summed E-state index contributed by atoms with van der Waals surface area (Å²) in [5.41, 5.74) is 10.4. The number of aromatic amines is 5. The summed E-state index contributed by atoms with van der Waals surface area (Å²) >= 11 is 33.3. The van der Waals surface area contributed by atoms with Gasteiger partial charge < -0.3 is 43.9 Å². The van der Waals surface area contributed by atoms with Gasteiger partial charge in [0.05, 0.1) is 79.5 Å². The molecule has 338 valence electrons. The first-order valence-corrected chi connectivity index (χ1v) is 25.8. The summed E-state index contributed by atoms with van der Waals surface area (Å²) in [6, 6.07) is 36.5. The van der Waals surface area contributed by atoms with Gasteiger partial charge >= 0.3 is 0 Å². The summed E-state index contributed by atoms with van der Waals surface area (Å²) in [6.07, 6.45) is 0. The molecule has 5 aromatic heterocycles. The zero-order valence-corrected chi connectivity index (χ0v) is 44.3. The van der Waals surface area contributed by atoms with Gasteiger partial charge in [-0.15, -0.1) is 56.7 Å². The second kappa shape index (κ2) is 22.7. The average Bonchev–Trinajstić information content (AvgIpc) is 4.16. The highest BCUT2D eigenvalue weighted by Gasteiger charge is 2.08. The third-order valence-corrected chi connectivity index (χ3v) is 15.9. The van der Waals surface area contributed by atoms with E-state index in [9.17, 15) is 0 Å². The van der Waals surface area contributed by atoms with Crippen LogP contribution < -0.4 is 18.9 Å². The Hall–Kier alpha value is -4.93. The van der Waals surface area contributed by atoms with E-state index in [1.807, 2.05) is 54.6 Å². The van der Waals surface area contributed by atoms with Crippen LogP contribution in [0.2, 0.25) is 0 Å². The van der Waals surface area contributed by atoms with Gasteiger partial charge in [0.2, 0.25) is 0 Å². The lowest BCUT2D eigenvalue weighted by Crippen LogP contribution is -1.89. The topological polar surface area (TPSA) is 116 Å². The number of benzene rings is 6. The second-order valence-corrected chi connectivity index (χ2v) is 22.5. The number of para-hydroxylation sites is 2. The predicted molar refractivity (Wildman–Crippen MR) is 296 cm³/mol. The molecule has 0 bridgehead atoms. The van der Waals surface area contributed by atoms with Gasteiger partial charge in [0, 0.05) is 17.7 Å². The molecule has 11 rings (SSSR count). The van der Waals surface area contributed by atoms with Crippen molar-refractivity contribution in [2.24, 2.45) is 0 Å². The third kappa shape index (κ3) is 12.0. The van der Waals surface area contributed by atoms with Crippen LogP contribution in [0.1, 0.15) is 11.1 Å². The number of methoxy groups -OCH3 is 4. The van der Waals surface area contributed by atoms with E-state index >= 15 is 0 Å². The maximum atomic E-state index is 5.19. The Balaban J connectivity index is 0.000000123. The number of H-pyrrole nitrogens is 5. The van der Waals surface area contributed by atoms with Crippen molar-refractivity contribution >= 4 is 169 Å². The van der Waals surface area contributed by atoms with E-state index in [1.165, 1.54) is 48.5 Å². The number of ether oxygens (including phenoxy) is 4. The number of aryl methyl sites for hydroxylation is 2. The van der Waals surface area contributed by atoms with E-state index in [1.54, 1.807) is 73.8 Å². The Morgan fingerprint density at radius 1 is 0.394 bits per heavy atom. The van der Waals surface area contributed by atoms with Crippen LogP contribution >= 0.6 is 118 Å². The highest BCUT2D eigenvalue weighted by molar-refractivity contribution is 7.74. The molecule has 0 aliphatic carbocycles. The Kier molecular flexibility index (Phi) is 16.9. The van der Waals surface area contributed by atoms with Crippen molar-refractivity contribution in [1.82, 2.24) is 24.9 Å². The van der Waals surface area contributed by atoms with E-state index in [4.69, 9.17) is 80.0 Å². The van der Waals surface area contributed by atoms with Gasteiger partial charge in [-0.1, -0.05) is 54.6 Å². The maximum Gasteiger partial charge on any atom is 0.162 e. The van der Waals surface area contributed by atoms with E-state index in [0.29, 0.717) is 5.75 Å². The SMILES string of the molecule is COc1cc2[nH]c(=S)sc2cc1OC.COc1ccc2[nH]c(=S)sc2c1.COc1cccc2sc(=S)[nH]c12.Cc1ccc2sc(=S)[nH]c2c1C.S=c1[nH]c2c(-c3ccccc3)cccc2s1. The van der Waals surface area contributed by atoms with Gasteiger partial charge in [-0.05, 0) is 134 Å². The maximum absolute atomic E-state index is 5.19. The van der Waals surface area contributed by atoms with Crippen molar-refractivity contribution < 1.29 is 18.9 Å². The highest BCUT2D eigenvalue weighted by atomic mass is 32.2. The summed E-state index contributed by atoms with van der Waals surface area (Å²) in [4.78, 5) is 15.7. The van der Waals surface area contributed by atoms with Crippen LogP contribution in [0.3, 0.4) is 0 Å². The number of thiazole rings is 5. The number of hydrogen-bond acceptors (Lipinski definition) is 14. The summed E-state index contributed by atoms with van der Waals surface area (Å²) in [5.74, 6) is 3.15. The van der Waals surface area contributed by atoms with E-state index < -0.39 is 0 Å². The number of hydrogen-bond donors (Lipinski definition) is 5. The molecule has 0 fully saturated rings. The second-order valence-electron chi connectivity index (χ2n) is 13.9. The molecule has 5 N–H and O–H groups in total. The summed E-state index contributed by atoms with van der Waals surface area (Å²) < 4.78 is 30.5. The number of rotatable bonds is 5. The molecule has 0 radical (unpaired) electrons. The quantitative estimate of drug-likeness (QED) is 0.107. The fraction of sp³-hybridized carbons (Fsp3) is 0.128. The minimum Gasteiger partial charge on any atom is -0.497 e. The first-order chi connectivity index (χ1) is 31.9. The molecule has 11 aromatic rings. The molecule has 66 heavy (non-hydrogen) atoms. The lowest BCUT2D eigenvalue weighted by Gasteiger charge is -2.06. The van der Waals surface area contributed by atoms with Crippen LogP contribution in [0.4, 0.5) is 0 Å². The van der Waals surface area contributed by atoms with Crippen LogP contribution in [0.15, 0.2) is 109 Å². The van der Waals surface area contributed by atoms with Crippen LogP contribution in [0.5, 0.6) is 23.0 Å². The van der Waals surface area contributed by atoms with Gasteiger partial charge in [-0.2, -0.15) is 0 Å². The van der Waals surface area contributed by atoms with Gasteiger partial charge in [0.15, 0.2) is 31.3 Å².